The molecule has 13 heteroatoms. The van der Waals surface area contributed by atoms with Crippen molar-refractivity contribution in [3.8, 4) is 0 Å². The van der Waals surface area contributed by atoms with Crippen LogP contribution in [0.5, 0.6) is 0 Å². The Bertz CT molecular complexity index is 981. The van der Waals surface area contributed by atoms with E-state index in [0.29, 0.717) is 0 Å². The van der Waals surface area contributed by atoms with Crippen LogP contribution in [0.3, 0.4) is 0 Å². The quantitative estimate of drug-likeness (QED) is 0.163. The van der Waals surface area contributed by atoms with Crippen LogP contribution in [0, 0.1) is 7.14 Å². The van der Waals surface area contributed by atoms with E-state index in [9.17, 15) is 44.3 Å². The number of nitrogens with two attached hydrogens (primary N) is 1. The number of alkyl halides is 9. The van der Waals surface area contributed by atoms with E-state index in [4.69, 9.17) is 5.73 Å². The van der Waals surface area contributed by atoms with Crippen molar-refractivity contribution in [1.82, 2.24) is 0 Å². The third-order valence-electron chi connectivity index (χ3n) is 4.26. The minimum Gasteiger partial charge on any atom is -0.399 e. The van der Waals surface area contributed by atoms with Crippen LogP contribution >= 0.6 is 45.2 Å². The molecular formula is C18H10F9I2NO. The van der Waals surface area contributed by atoms with Crippen LogP contribution in [0.1, 0.15) is 21.5 Å². The van der Waals surface area contributed by atoms with Crippen LogP contribution in [-0.2, 0) is 12.1 Å². The first kappa shape index (κ1) is 26.0. The second-order valence-electron chi connectivity index (χ2n) is 6.37. The van der Waals surface area contributed by atoms with Gasteiger partial charge in [0.05, 0.1) is 0 Å². The molecule has 0 heterocycles. The molecule has 31 heavy (non-hydrogen) atoms. The minimum absolute atomic E-state index is 0.0391. The van der Waals surface area contributed by atoms with Gasteiger partial charge in [-0.1, -0.05) is 12.1 Å². The van der Waals surface area contributed by atoms with Crippen LogP contribution in [0.25, 0.3) is 0 Å². The Morgan fingerprint density at radius 3 is 1.77 bits per heavy atom. The molecular weight excluding hydrogens is 671 g/mol. The van der Waals surface area contributed by atoms with Gasteiger partial charge in [0.25, 0.3) is 0 Å². The molecule has 0 aliphatic rings. The molecule has 0 aliphatic heterocycles. The third-order valence-corrected chi connectivity index (χ3v) is 6.19. The number of hydrogen-bond donors (Lipinski definition) is 1. The summed E-state index contributed by atoms with van der Waals surface area (Å²) >= 11 is 2.69. The second-order valence-corrected chi connectivity index (χ2v) is 8.70. The van der Waals surface area contributed by atoms with Crippen LogP contribution in [-0.4, -0.2) is 24.1 Å². The molecule has 0 aliphatic carbocycles. The predicted molar refractivity (Wildman–Crippen MR) is 111 cm³/mol. The summed E-state index contributed by atoms with van der Waals surface area (Å²) in [6.07, 6.45) is -13.8. The van der Waals surface area contributed by atoms with Crippen LogP contribution in [0.4, 0.5) is 45.2 Å². The molecule has 0 radical (unpaired) electrons. The van der Waals surface area contributed by atoms with E-state index in [1.54, 1.807) is 0 Å². The summed E-state index contributed by atoms with van der Waals surface area (Å²) in [4.78, 5) is 12.4. The van der Waals surface area contributed by atoms with Crippen molar-refractivity contribution < 1.29 is 44.3 Å². The van der Waals surface area contributed by atoms with Crippen molar-refractivity contribution >= 4 is 56.7 Å². The average molecular weight is 681 g/mol. The van der Waals surface area contributed by atoms with Gasteiger partial charge in [-0.05, 0) is 75.0 Å². The highest BCUT2D eigenvalue weighted by atomic mass is 127. The zero-order valence-corrected chi connectivity index (χ0v) is 19.1. The zero-order chi connectivity index (χ0) is 24.0. The van der Waals surface area contributed by atoms with Gasteiger partial charge in [0.2, 0.25) is 0 Å². The van der Waals surface area contributed by atoms with Gasteiger partial charge in [0.15, 0.2) is 5.78 Å². The number of Topliss-reactive ketones (excluding diaryl/α,β-unsaturated/α-hetero) is 1. The van der Waals surface area contributed by atoms with E-state index in [-0.39, 0.29) is 36.1 Å². The molecule has 0 amide bonds. The lowest BCUT2D eigenvalue weighted by molar-refractivity contribution is -0.389. The maximum absolute atomic E-state index is 14.7. The summed E-state index contributed by atoms with van der Waals surface area (Å²) in [6.45, 7) is 0. The van der Waals surface area contributed by atoms with E-state index < -0.39 is 41.7 Å². The highest BCUT2D eigenvalue weighted by molar-refractivity contribution is 14.1. The fourth-order valence-corrected chi connectivity index (χ4v) is 4.81. The third kappa shape index (κ3) is 4.75. The standard InChI is InChI=1S/C18H10F9I2NO/c19-15(17(22,23)24,16(20,21)18(25,26)27)9-5-12(28)11(13(29)6-9)7-14(31)8-2-1-3-10(30)4-8/h1-6H,7,30H2. The highest BCUT2D eigenvalue weighted by Gasteiger charge is 2.81. The first-order valence-corrected chi connectivity index (χ1v) is 10.2. The molecule has 0 saturated heterocycles. The van der Waals surface area contributed by atoms with Gasteiger partial charge in [0, 0.05) is 30.4 Å². The normalized spacial score (nSPS) is 14.9. The SMILES string of the molecule is Nc1cccc(C(=O)Cc2c(I)cc(C(F)(C(F)(F)F)C(F)(F)C(F)(F)F)cc2I)c1. The Hall–Kier alpha value is -1.26. The zero-order valence-electron chi connectivity index (χ0n) is 14.8. The molecule has 1 atom stereocenters. The molecule has 2 N–H and O–H groups in total. The van der Waals surface area contributed by atoms with Gasteiger partial charge >= 0.3 is 23.9 Å². The number of carbonyl (C=O) groups excluding carboxylic acids is 1. The molecule has 2 rings (SSSR count). The molecule has 0 aromatic heterocycles. The molecule has 170 valence electrons. The van der Waals surface area contributed by atoms with E-state index >= 15 is 0 Å². The Balaban J connectivity index is 2.58. The summed E-state index contributed by atoms with van der Waals surface area (Å²) < 4.78 is 119. The average Bonchev–Trinajstić information content (AvgIpc) is 2.61. The molecule has 1 unspecified atom stereocenters. The van der Waals surface area contributed by atoms with Crippen molar-refractivity contribution in [3.05, 3.63) is 60.2 Å². The van der Waals surface area contributed by atoms with Crippen molar-refractivity contribution in [2.75, 3.05) is 5.73 Å². The number of benzene rings is 2. The van der Waals surface area contributed by atoms with Gasteiger partial charge in [-0.15, -0.1) is 0 Å². The van der Waals surface area contributed by atoms with Crippen molar-refractivity contribution in [2.45, 2.75) is 30.4 Å². The molecule has 2 aromatic rings. The lowest BCUT2D eigenvalue weighted by Crippen LogP contribution is -2.59. The summed E-state index contributed by atoms with van der Waals surface area (Å²) in [6, 6.07) is 6.18. The van der Waals surface area contributed by atoms with Gasteiger partial charge in [-0.25, -0.2) is 4.39 Å². The largest absolute Gasteiger partial charge is 0.457 e. The summed E-state index contributed by atoms with van der Waals surface area (Å²) in [5.41, 5.74) is -1.94. The number of rotatable bonds is 5. The highest BCUT2D eigenvalue weighted by Crippen LogP contribution is 2.58. The van der Waals surface area contributed by atoms with E-state index in [0.717, 1.165) is 0 Å². The minimum atomic E-state index is -6.81. The first-order valence-electron chi connectivity index (χ1n) is 8.00. The van der Waals surface area contributed by atoms with Crippen molar-refractivity contribution in [1.29, 1.82) is 0 Å². The second kappa shape index (κ2) is 8.59. The summed E-state index contributed by atoms with van der Waals surface area (Å²) in [5.74, 6) is -7.30. The van der Waals surface area contributed by atoms with E-state index in [1.165, 1.54) is 69.4 Å². The number of ketones is 1. The van der Waals surface area contributed by atoms with E-state index in [2.05, 4.69) is 0 Å². The smallest absolute Gasteiger partial charge is 0.399 e. The fourth-order valence-electron chi connectivity index (χ4n) is 2.66. The van der Waals surface area contributed by atoms with Gasteiger partial charge < -0.3 is 5.73 Å². The Morgan fingerprint density at radius 1 is 0.839 bits per heavy atom. The number of nitrogen functional groups attached to an aromatic ring is 1. The molecule has 0 saturated carbocycles. The Kier molecular flexibility index (Phi) is 7.20. The van der Waals surface area contributed by atoms with E-state index in [1.807, 2.05) is 0 Å². The number of carbonyl (C=O) groups is 1. The molecule has 2 nitrogen and oxygen atoms in total. The van der Waals surface area contributed by atoms with Gasteiger partial charge in [-0.2, -0.15) is 35.1 Å². The van der Waals surface area contributed by atoms with Gasteiger partial charge in [-0.3, -0.25) is 4.79 Å². The Morgan fingerprint density at radius 2 is 1.35 bits per heavy atom. The predicted octanol–water partition coefficient (Wildman–Crippen LogP) is 6.83. The molecule has 2 aromatic carbocycles. The maximum Gasteiger partial charge on any atom is 0.457 e. The van der Waals surface area contributed by atoms with Gasteiger partial charge in [0.1, 0.15) is 0 Å². The maximum atomic E-state index is 14.7. The lowest BCUT2D eigenvalue weighted by Gasteiger charge is -2.36. The van der Waals surface area contributed by atoms with Crippen LogP contribution in [0.15, 0.2) is 36.4 Å². The summed E-state index contributed by atoms with van der Waals surface area (Å²) in [5, 5.41) is 0. The first-order chi connectivity index (χ1) is 13.9. The molecule has 0 spiro atoms. The van der Waals surface area contributed by atoms with Crippen LogP contribution in [0.2, 0.25) is 0 Å². The fraction of sp³-hybridized carbons (Fsp3) is 0.278. The number of halogens is 11. The lowest BCUT2D eigenvalue weighted by atomic mass is 9.87. The molecule has 0 bridgehead atoms. The van der Waals surface area contributed by atoms with Crippen molar-refractivity contribution in [2.24, 2.45) is 0 Å². The summed E-state index contributed by atoms with van der Waals surface area (Å²) in [7, 11) is 0. The number of hydrogen-bond acceptors (Lipinski definition) is 2. The molecule has 0 fully saturated rings. The topological polar surface area (TPSA) is 43.1 Å². The van der Waals surface area contributed by atoms with Crippen molar-refractivity contribution in [3.63, 3.8) is 0 Å². The number of anilines is 1. The van der Waals surface area contributed by atoms with Crippen LogP contribution < -0.4 is 5.73 Å². The monoisotopic (exact) mass is 681 g/mol. The Labute approximate surface area is 196 Å².